The lowest BCUT2D eigenvalue weighted by Crippen LogP contribution is -2.00. The standard InChI is InChI=1S/2C17H14N2O.C17H16N2O.C17H14N2O.2C14H13NOS/c1-13-12-17(20-19-13)16-8-3-2-6-14(16)9-10-15-7-4-5-11-18-15;1-13-11-17(20-19-13)16-7-3-2-6-15(16)9-8-14-5-4-10-18-12-14;2*1-13-12-17(20-19-13)16-5-3-2-4-15(16)7-6-14-8-10-18-11-9-14;1-10-9-13(16-15-10)11-5-2-3-6-12(11)14-7-4-8-17-14;1-10-8-14(16-15-10)13-5-3-2-4-12(13)11-6-7-17-9-11/h2-8,11,17H,12H2,1H3;2-7,10,12,17H,11H2,1H3;2-11,17H,12H2,1H3;2-5,8-11,17H,12H2,1H3;2-8,13H,9H2,1H3;2-7,9,14H,8H2,1H3/b;;7-6+;;;/t4*17-;13-;14-/m111111/s1. The Bertz CT molecular complexity index is 5220. The predicted octanol–water partition coefficient (Wildman–Crippen LogP) is 22.6. The fourth-order valence-corrected chi connectivity index (χ4v) is 14.3. The van der Waals surface area contributed by atoms with E-state index in [1.165, 1.54) is 43.8 Å². The molecule has 0 bridgehead atoms. The minimum atomic E-state index is -0.0239. The van der Waals surface area contributed by atoms with Gasteiger partial charge in [-0.15, -0.1) is 11.3 Å². The summed E-state index contributed by atoms with van der Waals surface area (Å²) < 4.78 is 0. The zero-order chi connectivity index (χ0) is 78.5. The molecule has 6 aliphatic rings. The highest BCUT2D eigenvalue weighted by molar-refractivity contribution is 7.13. The summed E-state index contributed by atoms with van der Waals surface area (Å²) in [6, 6.07) is 72.9. The van der Waals surface area contributed by atoms with Crippen LogP contribution in [0.1, 0.15) is 195 Å². The fourth-order valence-electron chi connectivity index (χ4n) is 12.9. The summed E-state index contributed by atoms with van der Waals surface area (Å²) in [6.45, 7) is 11.9. The molecule has 6 aromatic heterocycles. The lowest BCUT2D eigenvalue weighted by atomic mass is 9.96. The summed E-state index contributed by atoms with van der Waals surface area (Å²) >= 11 is 3.47. The Morgan fingerprint density at radius 2 is 0.754 bits per heavy atom. The van der Waals surface area contributed by atoms with Crippen LogP contribution in [0.15, 0.2) is 309 Å². The summed E-state index contributed by atoms with van der Waals surface area (Å²) in [4.78, 5) is 50.4. The first-order chi connectivity index (χ1) is 56.0. The van der Waals surface area contributed by atoms with E-state index in [1.54, 1.807) is 66.1 Å². The second kappa shape index (κ2) is 40.5. The molecular weight excluding hydrogens is 1450 g/mol. The molecule has 0 amide bonds. The average Bonchev–Trinajstić information content (AvgIpc) is 1.63. The second-order valence-electron chi connectivity index (χ2n) is 27.4. The van der Waals surface area contributed by atoms with Crippen LogP contribution in [-0.4, -0.2) is 54.2 Å². The minimum Gasteiger partial charge on any atom is -0.387 e. The van der Waals surface area contributed by atoms with Gasteiger partial charge in [0.2, 0.25) is 0 Å². The summed E-state index contributed by atoms with van der Waals surface area (Å²) in [5.41, 5.74) is 24.8. The molecule has 6 atom stereocenters. The van der Waals surface area contributed by atoms with E-state index in [0.717, 1.165) is 129 Å². The van der Waals surface area contributed by atoms with Gasteiger partial charge in [0, 0.05) is 148 Å². The van der Waals surface area contributed by atoms with E-state index in [9.17, 15) is 0 Å². The molecule has 12 aromatic rings. The molecule has 0 saturated carbocycles. The number of hydrogen-bond donors (Lipinski definition) is 0. The number of aromatic nitrogens is 4. The van der Waals surface area contributed by atoms with E-state index in [2.05, 4.69) is 200 Å². The highest BCUT2D eigenvalue weighted by atomic mass is 32.1. The quantitative estimate of drug-likeness (QED) is 0.120. The highest BCUT2D eigenvalue weighted by Crippen LogP contribution is 2.39. The molecule has 0 N–H and O–H groups in total. The van der Waals surface area contributed by atoms with Crippen LogP contribution in [0.25, 0.3) is 33.7 Å². The molecule has 0 unspecified atom stereocenters. The Hall–Kier alpha value is -13.4. The van der Waals surface area contributed by atoms with Crippen LogP contribution in [0.4, 0.5) is 0 Å². The maximum Gasteiger partial charge on any atom is 0.159 e. The molecule has 0 radical (unpaired) electrons. The van der Waals surface area contributed by atoms with Crippen molar-refractivity contribution in [1.29, 1.82) is 0 Å². The Labute approximate surface area is 674 Å². The van der Waals surface area contributed by atoms with Gasteiger partial charge in [-0.05, 0) is 170 Å². The first kappa shape index (κ1) is 78.7. The van der Waals surface area contributed by atoms with Crippen molar-refractivity contribution < 1.29 is 29.0 Å². The maximum absolute atomic E-state index is 5.49. The van der Waals surface area contributed by atoms with E-state index < -0.39 is 0 Å². The number of nitrogens with zero attached hydrogens (tertiary/aromatic N) is 10. The predicted molar refractivity (Wildman–Crippen MR) is 458 cm³/mol. The maximum atomic E-state index is 5.49. The first-order valence-electron chi connectivity index (χ1n) is 37.6. The summed E-state index contributed by atoms with van der Waals surface area (Å²) in [7, 11) is 0. The van der Waals surface area contributed by atoms with Crippen molar-refractivity contribution in [2.45, 2.75) is 117 Å². The third-order valence-electron chi connectivity index (χ3n) is 18.6. The van der Waals surface area contributed by atoms with Crippen LogP contribution < -0.4 is 0 Å². The molecule has 6 aromatic carbocycles. The Morgan fingerprint density at radius 3 is 1.21 bits per heavy atom. The molecule has 12 heterocycles. The van der Waals surface area contributed by atoms with Crippen molar-refractivity contribution >= 4 is 69.1 Å². The minimum absolute atomic E-state index is 0.0158. The topological polar surface area (TPSA) is 181 Å². The molecule has 566 valence electrons. The van der Waals surface area contributed by atoms with Crippen molar-refractivity contribution in [1.82, 2.24) is 19.9 Å². The highest BCUT2D eigenvalue weighted by Gasteiger charge is 2.28. The monoisotopic (exact) mass is 1540 g/mol. The van der Waals surface area contributed by atoms with Crippen molar-refractivity contribution in [2.24, 2.45) is 30.9 Å². The molecule has 18 heteroatoms. The second-order valence-corrected chi connectivity index (χ2v) is 29.1. The zero-order valence-electron chi connectivity index (χ0n) is 64.2. The SMILES string of the molecule is CC1=NO[C@@H](c2ccccc2-c2cccs2)C1.CC1=NO[C@@H](c2ccccc2-c2ccsc2)C1.CC1=NO[C@@H](c2ccccc2/C=C/c2ccncc2)C1.CC1=NO[C@@H](c2ccccc2C#Cc2ccccn2)C1.CC1=NO[C@@H](c2ccccc2C#Cc2cccnc2)C1.CC1=NO[C@@H](c2ccccc2C#Cc2ccncc2)C1. The first-order valence-corrected chi connectivity index (χ1v) is 39.4. The largest absolute Gasteiger partial charge is 0.387 e. The number of oxime groups is 6. The molecule has 16 nitrogen and oxygen atoms in total. The lowest BCUT2D eigenvalue weighted by molar-refractivity contribution is 0.0854. The van der Waals surface area contributed by atoms with Crippen molar-refractivity contribution in [3.8, 4) is 57.1 Å². The van der Waals surface area contributed by atoms with Gasteiger partial charge in [0.05, 0.1) is 34.3 Å². The van der Waals surface area contributed by atoms with Gasteiger partial charge in [0.25, 0.3) is 0 Å². The smallest absolute Gasteiger partial charge is 0.159 e. The van der Waals surface area contributed by atoms with Gasteiger partial charge in [0.1, 0.15) is 5.69 Å². The average molecular weight is 1540 g/mol. The summed E-state index contributed by atoms with van der Waals surface area (Å²) in [5.74, 6) is 19.0. The van der Waals surface area contributed by atoms with Gasteiger partial charge in [-0.25, -0.2) is 4.98 Å². The number of pyridine rings is 4. The third-order valence-corrected chi connectivity index (χ3v) is 20.2. The van der Waals surface area contributed by atoms with E-state index in [0.29, 0.717) is 0 Å². The van der Waals surface area contributed by atoms with Crippen LogP contribution >= 0.6 is 22.7 Å². The van der Waals surface area contributed by atoms with Gasteiger partial charge < -0.3 is 29.0 Å². The van der Waals surface area contributed by atoms with E-state index in [-0.39, 0.29) is 36.6 Å². The van der Waals surface area contributed by atoms with E-state index in [4.69, 9.17) is 29.0 Å². The van der Waals surface area contributed by atoms with Crippen molar-refractivity contribution in [2.75, 3.05) is 0 Å². The Kier molecular flexibility index (Phi) is 27.9. The van der Waals surface area contributed by atoms with Crippen molar-refractivity contribution in [3.63, 3.8) is 0 Å². The van der Waals surface area contributed by atoms with Gasteiger partial charge in [-0.2, -0.15) is 11.3 Å². The lowest BCUT2D eigenvalue weighted by Gasteiger charge is -2.13. The van der Waals surface area contributed by atoms with E-state index in [1.807, 2.05) is 175 Å². The normalized spacial score (nSPS) is 17.7. The molecule has 0 spiro atoms. The zero-order valence-corrected chi connectivity index (χ0v) is 65.8. The van der Waals surface area contributed by atoms with Crippen LogP contribution in [0.3, 0.4) is 0 Å². The summed E-state index contributed by atoms with van der Waals surface area (Å²) in [5, 5.41) is 30.5. The van der Waals surface area contributed by atoms with Crippen LogP contribution in [0.2, 0.25) is 0 Å². The van der Waals surface area contributed by atoms with Crippen LogP contribution in [0.5, 0.6) is 0 Å². The van der Waals surface area contributed by atoms with Gasteiger partial charge in [0.15, 0.2) is 36.6 Å². The molecule has 0 aliphatic carbocycles. The molecular formula is C96H84N10O6S2. The number of benzene rings is 6. The van der Waals surface area contributed by atoms with E-state index >= 15 is 0 Å². The van der Waals surface area contributed by atoms with Gasteiger partial charge >= 0.3 is 0 Å². The molecule has 18 rings (SSSR count). The number of rotatable bonds is 10. The summed E-state index contributed by atoms with van der Waals surface area (Å²) in [6.07, 6.45) is 21.8. The molecule has 0 saturated heterocycles. The van der Waals surface area contributed by atoms with Gasteiger partial charge in [-0.1, -0.05) is 212 Å². The number of thiophene rings is 2. The Balaban J connectivity index is 0.000000120. The van der Waals surface area contributed by atoms with Gasteiger partial charge in [-0.3, -0.25) is 15.0 Å². The fraction of sp³-hybridized carbons (Fsp3) is 0.188. The third kappa shape index (κ3) is 22.4. The van der Waals surface area contributed by atoms with Crippen LogP contribution in [-0.2, 0) is 29.0 Å². The number of hydrogen-bond acceptors (Lipinski definition) is 18. The molecule has 6 aliphatic heterocycles. The van der Waals surface area contributed by atoms with Crippen molar-refractivity contribution in [3.05, 3.63) is 356 Å². The molecule has 0 fully saturated rings. The van der Waals surface area contributed by atoms with Crippen LogP contribution in [0, 0.1) is 35.5 Å². The molecule has 114 heavy (non-hydrogen) atoms. The Morgan fingerprint density at radius 1 is 0.325 bits per heavy atom.